The molecule has 1 aliphatic heterocycles. The van der Waals surface area contributed by atoms with Crippen LogP contribution >= 0.6 is 0 Å². The fourth-order valence-corrected chi connectivity index (χ4v) is 4.22. The smallest absolute Gasteiger partial charge is 0.162 e. The summed E-state index contributed by atoms with van der Waals surface area (Å²) in [4.78, 5) is 13.8. The van der Waals surface area contributed by atoms with Crippen molar-refractivity contribution in [3.8, 4) is 17.1 Å². The first-order chi connectivity index (χ1) is 15.1. The third-order valence-corrected chi connectivity index (χ3v) is 5.94. The highest BCUT2D eigenvalue weighted by Gasteiger charge is 2.24. The van der Waals surface area contributed by atoms with Crippen LogP contribution in [0.5, 0.6) is 5.75 Å². The summed E-state index contributed by atoms with van der Waals surface area (Å²) in [6.45, 7) is 3.39. The Labute approximate surface area is 183 Å². The third-order valence-electron chi connectivity index (χ3n) is 5.94. The van der Waals surface area contributed by atoms with Gasteiger partial charge in [-0.3, -0.25) is 9.80 Å². The Morgan fingerprint density at radius 2 is 1.84 bits per heavy atom. The average molecular weight is 421 g/mol. The van der Waals surface area contributed by atoms with Gasteiger partial charge in [0, 0.05) is 49.2 Å². The number of ether oxygens (including phenoxy) is 1. The van der Waals surface area contributed by atoms with Crippen molar-refractivity contribution in [1.82, 2.24) is 19.8 Å². The van der Waals surface area contributed by atoms with E-state index in [4.69, 9.17) is 4.74 Å². The normalized spacial score (nSPS) is 17.1. The minimum atomic E-state index is -0.120. The Hall–Kier alpha value is -2.83. The lowest BCUT2D eigenvalue weighted by Crippen LogP contribution is -2.45. The standard InChI is InChI=1S/C25H29FN4O/c1-29(21-9-7-13-30(18-21)17-20-8-3-5-11-23(20)26)16-19-14-27-25(28-15-19)22-10-4-6-12-24(22)31-2/h3-6,8,10-12,14-15,21H,7,9,13,16-18H2,1-2H3. The molecule has 31 heavy (non-hydrogen) atoms. The van der Waals surface area contributed by atoms with E-state index in [0.717, 1.165) is 54.9 Å². The molecule has 2 heterocycles. The average Bonchev–Trinajstić information content (AvgIpc) is 2.81. The second-order valence-electron chi connectivity index (χ2n) is 8.15. The van der Waals surface area contributed by atoms with Gasteiger partial charge in [0.2, 0.25) is 0 Å². The van der Waals surface area contributed by atoms with Crippen LogP contribution in [0.15, 0.2) is 60.9 Å². The number of likely N-dealkylation sites (tertiary alicyclic amines) is 1. The van der Waals surface area contributed by atoms with Crippen molar-refractivity contribution in [2.45, 2.75) is 32.0 Å². The molecule has 1 unspecified atom stereocenters. The van der Waals surface area contributed by atoms with Crippen LogP contribution in [0, 0.1) is 5.82 Å². The first-order valence-corrected chi connectivity index (χ1v) is 10.7. The number of benzene rings is 2. The highest BCUT2D eigenvalue weighted by atomic mass is 19.1. The van der Waals surface area contributed by atoms with Gasteiger partial charge >= 0.3 is 0 Å². The minimum Gasteiger partial charge on any atom is -0.496 e. The van der Waals surface area contributed by atoms with Crippen LogP contribution < -0.4 is 4.74 Å². The highest BCUT2D eigenvalue weighted by Crippen LogP contribution is 2.26. The fourth-order valence-electron chi connectivity index (χ4n) is 4.22. The Balaban J connectivity index is 1.37. The SMILES string of the molecule is COc1ccccc1-c1ncc(CN(C)C2CCCN(Cc3ccccc3F)C2)cn1. The summed E-state index contributed by atoms with van der Waals surface area (Å²) in [5.74, 6) is 1.31. The van der Waals surface area contributed by atoms with Crippen molar-refractivity contribution >= 4 is 0 Å². The molecule has 162 valence electrons. The van der Waals surface area contributed by atoms with E-state index < -0.39 is 0 Å². The number of para-hydroxylation sites is 1. The minimum absolute atomic E-state index is 0.120. The van der Waals surface area contributed by atoms with Crippen molar-refractivity contribution in [3.05, 3.63) is 77.9 Å². The van der Waals surface area contributed by atoms with Crippen LogP contribution in [0.3, 0.4) is 0 Å². The van der Waals surface area contributed by atoms with Crippen molar-refractivity contribution in [3.63, 3.8) is 0 Å². The lowest BCUT2D eigenvalue weighted by molar-refractivity contribution is 0.106. The molecule has 3 aromatic rings. The van der Waals surface area contributed by atoms with E-state index >= 15 is 0 Å². The zero-order valence-electron chi connectivity index (χ0n) is 18.2. The topological polar surface area (TPSA) is 41.5 Å². The van der Waals surface area contributed by atoms with E-state index in [2.05, 4.69) is 26.8 Å². The van der Waals surface area contributed by atoms with Gasteiger partial charge in [-0.05, 0) is 44.6 Å². The molecule has 1 fully saturated rings. The summed E-state index contributed by atoms with van der Waals surface area (Å²) in [6.07, 6.45) is 6.05. The summed E-state index contributed by atoms with van der Waals surface area (Å²) < 4.78 is 19.4. The molecule has 0 aliphatic carbocycles. The Kier molecular flexibility index (Phi) is 6.89. The number of rotatable bonds is 7. The second-order valence-corrected chi connectivity index (χ2v) is 8.15. The van der Waals surface area contributed by atoms with E-state index in [1.807, 2.05) is 48.8 Å². The van der Waals surface area contributed by atoms with E-state index in [1.165, 1.54) is 6.07 Å². The summed E-state index contributed by atoms with van der Waals surface area (Å²) in [6, 6.07) is 15.3. The highest BCUT2D eigenvalue weighted by molar-refractivity contribution is 5.63. The molecule has 2 aromatic carbocycles. The maximum absolute atomic E-state index is 14.0. The number of halogens is 1. The molecule has 0 saturated carbocycles. The Morgan fingerprint density at radius 1 is 1.10 bits per heavy atom. The van der Waals surface area contributed by atoms with Crippen LogP contribution in [0.1, 0.15) is 24.0 Å². The van der Waals surface area contributed by atoms with Gasteiger partial charge in [0.1, 0.15) is 11.6 Å². The van der Waals surface area contributed by atoms with Gasteiger partial charge in [0.15, 0.2) is 5.82 Å². The monoisotopic (exact) mass is 420 g/mol. The number of hydrogen-bond acceptors (Lipinski definition) is 5. The van der Waals surface area contributed by atoms with E-state index in [1.54, 1.807) is 13.2 Å². The van der Waals surface area contributed by atoms with Gasteiger partial charge in [-0.15, -0.1) is 0 Å². The molecule has 6 heteroatoms. The van der Waals surface area contributed by atoms with Crippen LogP contribution in [0.25, 0.3) is 11.4 Å². The molecule has 1 aromatic heterocycles. The van der Waals surface area contributed by atoms with Crippen LogP contribution in [0.4, 0.5) is 4.39 Å². The lowest BCUT2D eigenvalue weighted by Gasteiger charge is -2.37. The number of likely N-dealkylation sites (N-methyl/N-ethyl adjacent to an activating group) is 1. The first-order valence-electron chi connectivity index (χ1n) is 10.7. The predicted molar refractivity (Wildman–Crippen MR) is 120 cm³/mol. The van der Waals surface area contributed by atoms with Crippen molar-refractivity contribution in [2.75, 3.05) is 27.2 Å². The molecule has 5 nitrogen and oxygen atoms in total. The summed E-state index contributed by atoms with van der Waals surface area (Å²) >= 11 is 0. The molecule has 0 amide bonds. The van der Waals surface area contributed by atoms with Gasteiger partial charge in [0.25, 0.3) is 0 Å². The number of hydrogen-bond donors (Lipinski definition) is 0. The maximum Gasteiger partial charge on any atom is 0.162 e. The van der Waals surface area contributed by atoms with Crippen LogP contribution in [-0.2, 0) is 13.1 Å². The number of piperidine rings is 1. The van der Waals surface area contributed by atoms with Gasteiger partial charge in [-0.25, -0.2) is 14.4 Å². The number of methoxy groups -OCH3 is 1. The molecule has 1 aliphatic rings. The molecule has 0 bridgehead atoms. The zero-order valence-corrected chi connectivity index (χ0v) is 18.2. The molecule has 1 atom stereocenters. The molecular formula is C25H29FN4O. The quantitative estimate of drug-likeness (QED) is 0.567. The summed E-state index contributed by atoms with van der Waals surface area (Å²) in [7, 11) is 3.80. The molecule has 4 rings (SSSR count). The Bertz CT molecular complexity index is 995. The fraction of sp³-hybridized carbons (Fsp3) is 0.360. The number of aromatic nitrogens is 2. The van der Waals surface area contributed by atoms with Crippen molar-refractivity contribution in [2.24, 2.45) is 0 Å². The van der Waals surface area contributed by atoms with Crippen LogP contribution in [-0.4, -0.2) is 53.1 Å². The first kappa shape index (κ1) is 21.4. The molecule has 0 N–H and O–H groups in total. The van der Waals surface area contributed by atoms with E-state index in [-0.39, 0.29) is 5.82 Å². The maximum atomic E-state index is 14.0. The lowest BCUT2D eigenvalue weighted by atomic mass is 10.0. The molecule has 1 saturated heterocycles. The second kappa shape index (κ2) is 9.98. The third kappa shape index (κ3) is 5.27. The molecule has 0 radical (unpaired) electrons. The van der Waals surface area contributed by atoms with Gasteiger partial charge in [0.05, 0.1) is 12.7 Å². The summed E-state index contributed by atoms with van der Waals surface area (Å²) in [5.41, 5.74) is 2.74. The van der Waals surface area contributed by atoms with Gasteiger partial charge in [-0.2, -0.15) is 0 Å². The molecule has 0 spiro atoms. The van der Waals surface area contributed by atoms with Gasteiger partial charge < -0.3 is 4.74 Å². The van der Waals surface area contributed by atoms with Crippen molar-refractivity contribution in [1.29, 1.82) is 0 Å². The van der Waals surface area contributed by atoms with E-state index in [0.29, 0.717) is 18.4 Å². The zero-order chi connectivity index (χ0) is 21.6. The Morgan fingerprint density at radius 3 is 2.61 bits per heavy atom. The van der Waals surface area contributed by atoms with Crippen molar-refractivity contribution < 1.29 is 9.13 Å². The number of nitrogens with zero attached hydrogens (tertiary/aromatic N) is 4. The predicted octanol–water partition coefficient (Wildman–Crippen LogP) is 4.39. The summed E-state index contributed by atoms with van der Waals surface area (Å²) in [5, 5.41) is 0. The largest absolute Gasteiger partial charge is 0.496 e. The van der Waals surface area contributed by atoms with Crippen LogP contribution in [0.2, 0.25) is 0 Å². The van der Waals surface area contributed by atoms with Gasteiger partial charge in [-0.1, -0.05) is 30.3 Å². The molecular weight excluding hydrogens is 391 g/mol. The van der Waals surface area contributed by atoms with E-state index in [9.17, 15) is 4.39 Å².